The molecule has 0 radical (unpaired) electrons. The molecule has 0 unspecified atom stereocenters. The second-order valence-corrected chi connectivity index (χ2v) is 4.94. The molecule has 0 atom stereocenters. The van der Waals surface area contributed by atoms with Gasteiger partial charge in [-0.15, -0.1) is 11.3 Å². The number of nitrogens with zero attached hydrogens (tertiary/aromatic N) is 2. The maximum atomic E-state index is 4.15. The van der Waals surface area contributed by atoms with Gasteiger partial charge in [0.1, 0.15) is 0 Å². The number of thiophene rings is 1. The number of halogens is 1. The van der Waals surface area contributed by atoms with Crippen LogP contribution in [0.15, 0.2) is 29.9 Å². The molecule has 0 amide bonds. The Kier molecular flexibility index (Phi) is 3.30. The first-order chi connectivity index (χ1) is 6.84. The molecule has 0 aromatic carbocycles. The number of aromatic nitrogens is 2. The fourth-order valence-electron chi connectivity index (χ4n) is 0.983. The first-order valence-electron chi connectivity index (χ1n) is 4.08. The molecule has 5 heteroatoms. The highest BCUT2D eigenvalue weighted by Crippen LogP contribution is 2.10. The zero-order valence-electron chi connectivity index (χ0n) is 7.27. The average molecular weight is 317 g/mol. The molecular formula is C9H8IN3S. The highest BCUT2D eigenvalue weighted by Gasteiger charge is 1.96. The van der Waals surface area contributed by atoms with Crippen molar-refractivity contribution in [2.24, 2.45) is 0 Å². The molecular weight excluding hydrogens is 309 g/mol. The van der Waals surface area contributed by atoms with Crippen molar-refractivity contribution in [2.45, 2.75) is 6.54 Å². The Morgan fingerprint density at radius 1 is 1.36 bits per heavy atom. The zero-order valence-corrected chi connectivity index (χ0v) is 10.2. The lowest BCUT2D eigenvalue weighted by molar-refractivity contribution is 1.06. The Hall–Kier alpha value is -0.690. The van der Waals surface area contributed by atoms with Crippen molar-refractivity contribution in [1.82, 2.24) is 9.97 Å². The van der Waals surface area contributed by atoms with E-state index >= 15 is 0 Å². The number of anilines is 1. The van der Waals surface area contributed by atoms with Gasteiger partial charge in [-0.3, -0.25) is 0 Å². The van der Waals surface area contributed by atoms with E-state index < -0.39 is 0 Å². The summed E-state index contributed by atoms with van der Waals surface area (Å²) in [6.07, 6.45) is 3.59. The van der Waals surface area contributed by atoms with Gasteiger partial charge < -0.3 is 5.32 Å². The molecule has 14 heavy (non-hydrogen) atoms. The second-order valence-electron chi connectivity index (χ2n) is 2.66. The van der Waals surface area contributed by atoms with E-state index in [1.165, 1.54) is 4.88 Å². The molecule has 2 rings (SSSR count). The molecule has 2 aromatic heterocycles. The smallest absolute Gasteiger partial charge is 0.222 e. The second kappa shape index (κ2) is 4.70. The van der Waals surface area contributed by atoms with Crippen LogP contribution in [0.2, 0.25) is 0 Å². The molecule has 0 aliphatic carbocycles. The molecule has 0 aliphatic rings. The molecule has 2 heterocycles. The Bertz CT molecular complexity index is 385. The van der Waals surface area contributed by atoms with E-state index in [1.54, 1.807) is 23.7 Å². The van der Waals surface area contributed by atoms with Gasteiger partial charge in [-0.05, 0) is 34.0 Å². The van der Waals surface area contributed by atoms with Crippen molar-refractivity contribution in [1.29, 1.82) is 0 Å². The molecule has 0 bridgehead atoms. The molecule has 3 nitrogen and oxygen atoms in total. The van der Waals surface area contributed by atoms with E-state index in [-0.39, 0.29) is 0 Å². The molecule has 0 saturated carbocycles. The monoisotopic (exact) mass is 317 g/mol. The van der Waals surface area contributed by atoms with Gasteiger partial charge in [0.25, 0.3) is 0 Å². The van der Waals surface area contributed by atoms with Crippen LogP contribution in [0, 0.1) is 3.57 Å². The molecule has 0 aliphatic heterocycles. The fraction of sp³-hybridized carbons (Fsp3) is 0.111. The van der Waals surface area contributed by atoms with Crippen LogP contribution in [0.25, 0.3) is 0 Å². The lowest BCUT2D eigenvalue weighted by Crippen LogP contribution is -2.01. The summed E-state index contributed by atoms with van der Waals surface area (Å²) in [4.78, 5) is 9.59. The van der Waals surface area contributed by atoms with Crippen LogP contribution < -0.4 is 5.32 Å². The highest BCUT2D eigenvalue weighted by atomic mass is 127. The van der Waals surface area contributed by atoms with Crippen molar-refractivity contribution >= 4 is 39.9 Å². The Morgan fingerprint density at radius 2 is 2.14 bits per heavy atom. The normalized spacial score (nSPS) is 10.1. The van der Waals surface area contributed by atoms with Crippen LogP contribution in [-0.4, -0.2) is 9.97 Å². The third-order valence-corrected chi connectivity index (χ3v) is 3.05. The maximum absolute atomic E-state index is 4.15. The van der Waals surface area contributed by atoms with Gasteiger partial charge in [0.15, 0.2) is 0 Å². The number of rotatable bonds is 3. The van der Waals surface area contributed by atoms with Crippen molar-refractivity contribution in [3.63, 3.8) is 0 Å². The Morgan fingerprint density at radius 3 is 2.79 bits per heavy atom. The van der Waals surface area contributed by atoms with Gasteiger partial charge in [0.2, 0.25) is 5.95 Å². The van der Waals surface area contributed by atoms with Crippen LogP contribution in [0.5, 0.6) is 0 Å². The molecule has 0 saturated heterocycles. The minimum Gasteiger partial charge on any atom is -0.349 e. The predicted octanol–water partition coefficient (Wildman–Crippen LogP) is 2.75. The van der Waals surface area contributed by atoms with Crippen LogP contribution in [0.1, 0.15) is 4.88 Å². The van der Waals surface area contributed by atoms with Gasteiger partial charge in [-0.1, -0.05) is 6.07 Å². The lowest BCUT2D eigenvalue weighted by Gasteiger charge is -2.01. The summed E-state index contributed by atoms with van der Waals surface area (Å²) in [5, 5.41) is 5.22. The third-order valence-electron chi connectivity index (χ3n) is 1.62. The molecule has 0 fully saturated rings. The standard InChI is InChI=1S/C9H8IN3S/c10-7-4-11-9(12-5-7)13-6-8-2-1-3-14-8/h1-5H,6H2,(H,11,12,13). The van der Waals surface area contributed by atoms with Gasteiger partial charge in [0.05, 0.1) is 6.54 Å². The van der Waals surface area contributed by atoms with E-state index in [0.29, 0.717) is 5.95 Å². The topological polar surface area (TPSA) is 37.8 Å². The van der Waals surface area contributed by atoms with Crippen molar-refractivity contribution < 1.29 is 0 Å². The van der Waals surface area contributed by atoms with E-state index in [1.807, 2.05) is 6.07 Å². The summed E-state index contributed by atoms with van der Waals surface area (Å²) < 4.78 is 1.05. The molecule has 0 spiro atoms. The summed E-state index contributed by atoms with van der Waals surface area (Å²) in [6.45, 7) is 0.790. The quantitative estimate of drug-likeness (QED) is 0.885. The highest BCUT2D eigenvalue weighted by molar-refractivity contribution is 14.1. The number of hydrogen-bond acceptors (Lipinski definition) is 4. The molecule has 2 aromatic rings. The number of nitrogens with one attached hydrogen (secondary N) is 1. The van der Waals surface area contributed by atoms with Gasteiger partial charge in [-0.2, -0.15) is 0 Å². The largest absolute Gasteiger partial charge is 0.349 e. The Labute approximate surface area is 99.7 Å². The van der Waals surface area contributed by atoms with Crippen molar-refractivity contribution in [2.75, 3.05) is 5.32 Å². The first-order valence-corrected chi connectivity index (χ1v) is 6.04. The van der Waals surface area contributed by atoms with Gasteiger partial charge in [-0.25, -0.2) is 9.97 Å². The van der Waals surface area contributed by atoms with E-state index in [9.17, 15) is 0 Å². The van der Waals surface area contributed by atoms with Crippen LogP contribution in [0.3, 0.4) is 0 Å². The predicted molar refractivity (Wildman–Crippen MR) is 66.4 cm³/mol. The summed E-state index contributed by atoms with van der Waals surface area (Å²) >= 11 is 3.91. The van der Waals surface area contributed by atoms with Crippen molar-refractivity contribution in [3.8, 4) is 0 Å². The third kappa shape index (κ3) is 2.65. The number of hydrogen-bond donors (Lipinski definition) is 1. The van der Waals surface area contributed by atoms with E-state index in [4.69, 9.17) is 0 Å². The summed E-state index contributed by atoms with van der Waals surface area (Å²) in [7, 11) is 0. The van der Waals surface area contributed by atoms with E-state index in [0.717, 1.165) is 10.1 Å². The van der Waals surface area contributed by atoms with Crippen molar-refractivity contribution in [3.05, 3.63) is 38.4 Å². The fourth-order valence-corrected chi connectivity index (χ4v) is 1.91. The molecule has 72 valence electrons. The van der Waals surface area contributed by atoms with Crippen LogP contribution in [0.4, 0.5) is 5.95 Å². The van der Waals surface area contributed by atoms with Crippen LogP contribution >= 0.6 is 33.9 Å². The Balaban J connectivity index is 1.95. The summed E-state index contributed by atoms with van der Waals surface area (Å²) in [5.74, 6) is 0.679. The summed E-state index contributed by atoms with van der Waals surface area (Å²) in [5.41, 5.74) is 0. The minimum atomic E-state index is 0.679. The summed E-state index contributed by atoms with van der Waals surface area (Å²) in [6, 6.07) is 4.13. The SMILES string of the molecule is Ic1cnc(NCc2cccs2)nc1. The first kappa shape index (κ1) is 9.85. The maximum Gasteiger partial charge on any atom is 0.222 e. The zero-order chi connectivity index (χ0) is 9.80. The lowest BCUT2D eigenvalue weighted by atomic mass is 10.5. The average Bonchev–Trinajstić information content (AvgIpc) is 2.70. The van der Waals surface area contributed by atoms with Gasteiger partial charge in [0, 0.05) is 20.8 Å². The van der Waals surface area contributed by atoms with Crippen LogP contribution in [-0.2, 0) is 6.54 Å². The van der Waals surface area contributed by atoms with Gasteiger partial charge >= 0.3 is 0 Å². The minimum absolute atomic E-state index is 0.679. The van der Waals surface area contributed by atoms with E-state index in [2.05, 4.69) is 49.3 Å². The molecule has 1 N–H and O–H groups in total.